The van der Waals surface area contributed by atoms with Crippen LogP contribution in [0.2, 0.25) is 0 Å². The van der Waals surface area contributed by atoms with Gasteiger partial charge in [0.05, 0.1) is 52.9 Å². The molecular formula is C48H104MoO16P4. The molecule has 0 aromatic carbocycles. The third kappa shape index (κ3) is 58.3. The van der Waals surface area contributed by atoms with Gasteiger partial charge >= 0.3 is 21.1 Å². The van der Waals surface area contributed by atoms with E-state index in [-0.39, 0.29) is 73.9 Å². The quantitative estimate of drug-likeness (QED) is 0.0313. The first kappa shape index (κ1) is 79.0. The van der Waals surface area contributed by atoms with E-state index in [1.807, 2.05) is 27.7 Å². The average molecular weight is 1160 g/mol. The van der Waals surface area contributed by atoms with E-state index in [0.29, 0.717) is 23.7 Å². The molecule has 0 aliphatic heterocycles. The molecule has 0 aromatic heterocycles. The zero-order valence-corrected chi connectivity index (χ0v) is 51.3. The summed E-state index contributed by atoms with van der Waals surface area (Å²) in [5.74, 6) is 1.25. The fourth-order valence-electron chi connectivity index (χ4n) is 5.81. The number of hydrogen-bond donors (Lipinski definition) is 0. The van der Waals surface area contributed by atoms with Crippen molar-refractivity contribution in [2.75, 3.05) is 52.9 Å². The first-order valence-corrected chi connectivity index (χ1v) is 32.5. The predicted molar refractivity (Wildman–Crippen MR) is 271 cm³/mol. The first-order valence-electron chi connectivity index (χ1n) is 26.6. The smallest absolute Gasteiger partial charge is 0.756 e. The summed E-state index contributed by atoms with van der Waals surface area (Å²) in [5.41, 5.74) is 0. The number of phosphoric ester groups is 4. The standard InChI is InChI=1S/4C12H27O4P.Mo/c4*1-4-7-9-12(6-3)11-16-17(13,14)15-10-8-5-2;/h4*12H,4-11H2,1-3H3,(H,13,14);/q;;;;+4/p-4. The minimum absolute atomic E-state index is 0. The molecule has 0 radical (unpaired) electrons. The predicted octanol–water partition coefficient (Wildman–Crippen LogP) is 14.0. The van der Waals surface area contributed by atoms with Gasteiger partial charge < -0.3 is 55.8 Å². The fraction of sp³-hybridized carbons (Fsp3) is 1.00. The van der Waals surface area contributed by atoms with Gasteiger partial charge in [0.15, 0.2) is 0 Å². The van der Waals surface area contributed by atoms with Crippen molar-refractivity contribution in [3.05, 3.63) is 0 Å². The van der Waals surface area contributed by atoms with E-state index in [2.05, 4.69) is 55.4 Å². The van der Waals surface area contributed by atoms with Crippen LogP contribution in [0.1, 0.15) is 237 Å². The summed E-state index contributed by atoms with van der Waals surface area (Å²) in [6.45, 7) is 26.6. The van der Waals surface area contributed by atoms with Crippen LogP contribution >= 0.6 is 31.3 Å². The van der Waals surface area contributed by atoms with Gasteiger partial charge in [0, 0.05) is 0 Å². The molecule has 69 heavy (non-hydrogen) atoms. The van der Waals surface area contributed by atoms with E-state index < -0.39 is 31.3 Å². The number of rotatable bonds is 44. The summed E-state index contributed by atoms with van der Waals surface area (Å²) < 4.78 is 84.1. The summed E-state index contributed by atoms with van der Waals surface area (Å²) in [6, 6.07) is 0. The Bertz CT molecular complexity index is 1070. The van der Waals surface area contributed by atoms with Gasteiger partial charge in [-0.15, -0.1) is 0 Å². The molecule has 0 saturated heterocycles. The molecule has 0 rings (SSSR count). The van der Waals surface area contributed by atoms with E-state index in [1.54, 1.807) is 0 Å². The van der Waals surface area contributed by atoms with Crippen molar-refractivity contribution in [2.24, 2.45) is 23.7 Å². The Labute approximate surface area is 438 Å². The zero-order chi connectivity index (χ0) is 52.6. The summed E-state index contributed by atoms with van der Waals surface area (Å²) in [7, 11) is -16.3. The largest absolute Gasteiger partial charge is 4.00 e. The van der Waals surface area contributed by atoms with E-state index in [1.165, 1.54) is 0 Å². The zero-order valence-electron chi connectivity index (χ0n) is 45.7. The molecule has 0 heterocycles. The Morgan fingerprint density at radius 3 is 0.580 bits per heavy atom. The van der Waals surface area contributed by atoms with Crippen LogP contribution in [0.4, 0.5) is 0 Å². The van der Waals surface area contributed by atoms with Crippen molar-refractivity contribution in [3.63, 3.8) is 0 Å². The molecule has 0 N–H and O–H groups in total. The molecule has 0 aliphatic carbocycles. The molecule has 0 saturated carbocycles. The topological polar surface area (TPSA) is 234 Å². The first-order chi connectivity index (χ1) is 32.2. The summed E-state index contributed by atoms with van der Waals surface area (Å²) >= 11 is 0. The van der Waals surface area contributed by atoms with Gasteiger partial charge in [0.1, 0.15) is 0 Å². The monoisotopic (exact) mass is 1160 g/mol. The van der Waals surface area contributed by atoms with E-state index in [0.717, 1.165) is 154 Å². The molecule has 16 nitrogen and oxygen atoms in total. The molecular weight excluding hydrogens is 1050 g/mol. The number of hydrogen-bond acceptors (Lipinski definition) is 16. The molecule has 0 amide bonds. The Kier molecular flexibility index (Phi) is 61.8. The summed E-state index contributed by atoms with van der Waals surface area (Å²) in [5, 5.41) is 0. The van der Waals surface area contributed by atoms with Crippen LogP contribution in [-0.2, 0) is 75.5 Å². The third-order valence-electron chi connectivity index (χ3n) is 11.0. The van der Waals surface area contributed by atoms with Crippen LogP contribution in [0.15, 0.2) is 0 Å². The normalized spacial score (nSPS) is 16.5. The second-order valence-electron chi connectivity index (χ2n) is 17.4. The van der Waals surface area contributed by atoms with Crippen LogP contribution in [0.25, 0.3) is 0 Å². The molecule has 0 aromatic rings. The van der Waals surface area contributed by atoms with Crippen LogP contribution in [-0.4, -0.2) is 52.9 Å². The van der Waals surface area contributed by atoms with E-state index in [9.17, 15) is 37.8 Å². The minimum Gasteiger partial charge on any atom is -0.756 e. The maximum atomic E-state index is 11.4. The van der Waals surface area contributed by atoms with E-state index >= 15 is 0 Å². The SMILES string of the molecule is CCCCOP(=O)([O-])OCC(CC)CCCC.CCCCOP(=O)([O-])OCC(CC)CCCC.CCCCOP(=O)([O-])OCC(CC)CCCC.CCCCOP(=O)([O-])OCC(CC)CCCC.[Mo+4]. The average Bonchev–Trinajstić information content (AvgIpc) is 3.30. The molecule has 8 atom stereocenters. The van der Waals surface area contributed by atoms with Gasteiger partial charge in [-0.25, -0.2) is 0 Å². The van der Waals surface area contributed by atoms with Crippen molar-refractivity contribution in [3.8, 4) is 0 Å². The number of unbranched alkanes of at least 4 members (excludes halogenated alkanes) is 8. The van der Waals surface area contributed by atoms with Gasteiger partial charge in [-0.1, -0.05) is 186 Å². The van der Waals surface area contributed by atoms with Crippen molar-refractivity contribution in [1.29, 1.82) is 0 Å². The van der Waals surface area contributed by atoms with Crippen LogP contribution in [0.5, 0.6) is 0 Å². The van der Waals surface area contributed by atoms with E-state index in [4.69, 9.17) is 36.2 Å². The Morgan fingerprint density at radius 2 is 0.449 bits per heavy atom. The van der Waals surface area contributed by atoms with Crippen LogP contribution in [0, 0.1) is 23.7 Å². The molecule has 0 fully saturated rings. The summed E-state index contributed by atoms with van der Waals surface area (Å²) in [4.78, 5) is 45.5. The Hall–Kier alpha value is 1.13. The molecule has 0 spiro atoms. The fourth-order valence-corrected chi connectivity index (χ4v) is 9.09. The minimum atomic E-state index is -4.07. The Balaban J connectivity index is -0.000000263. The van der Waals surface area contributed by atoms with Crippen molar-refractivity contribution < 1.29 is 95.1 Å². The van der Waals surface area contributed by atoms with Crippen LogP contribution < -0.4 is 19.6 Å². The molecule has 0 bridgehead atoms. The maximum Gasteiger partial charge on any atom is 4.00 e. The molecule has 21 heteroatoms. The molecule has 8 unspecified atom stereocenters. The van der Waals surface area contributed by atoms with Crippen LogP contribution in [0.3, 0.4) is 0 Å². The Morgan fingerprint density at radius 1 is 0.290 bits per heavy atom. The molecule has 418 valence electrons. The van der Waals surface area contributed by atoms with Gasteiger partial charge in [-0.2, -0.15) is 0 Å². The van der Waals surface area contributed by atoms with Crippen molar-refractivity contribution >= 4 is 31.3 Å². The van der Waals surface area contributed by atoms with Gasteiger partial charge in [0.25, 0.3) is 31.3 Å². The second kappa shape index (κ2) is 53.9. The van der Waals surface area contributed by atoms with Gasteiger partial charge in [0.2, 0.25) is 0 Å². The molecule has 0 aliphatic rings. The number of phosphoric acid groups is 4. The third-order valence-corrected chi connectivity index (χ3v) is 14.9. The second-order valence-corrected chi connectivity index (χ2v) is 23.0. The maximum absolute atomic E-state index is 11.4. The van der Waals surface area contributed by atoms with Crippen molar-refractivity contribution in [2.45, 2.75) is 237 Å². The van der Waals surface area contributed by atoms with Gasteiger partial charge in [-0.05, 0) is 75.0 Å². The van der Waals surface area contributed by atoms with Gasteiger partial charge in [-0.3, -0.25) is 18.3 Å². The summed E-state index contributed by atoms with van der Waals surface area (Å²) in [6.07, 6.45) is 23.4. The van der Waals surface area contributed by atoms with Crippen molar-refractivity contribution in [1.82, 2.24) is 0 Å².